The van der Waals surface area contributed by atoms with Crippen LogP contribution in [-0.4, -0.2) is 6.61 Å². The van der Waals surface area contributed by atoms with Gasteiger partial charge in [0.15, 0.2) is 0 Å². The van der Waals surface area contributed by atoms with Gasteiger partial charge in [-0.25, -0.2) is 0 Å². The van der Waals surface area contributed by atoms with Gasteiger partial charge in [-0.15, -0.1) is 11.3 Å². The van der Waals surface area contributed by atoms with Crippen molar-refractivity contribution in [1.82, 2.24) is 0 Å². The van der Waals surface area contributed by atoms with Crippen molar-refractivity contribution in [3.05, 3.63) is 41.3 Å². The van der Waals surface area contributed by atoms with Crippen LogP contribution in [0.25, 0.3) is 10.4 Å². The van der Waals surface area contributed by atoms with Crippen LogP contribution in [0.2, 0.25) is 0 Å². The van der Waals surface area contributed by atoms with E-state index in [0.29, 0.717) is 0 Å². The van der Waals surface area contributed by atoms with E-state index < -0.39 is 0 Å². The number of unbranched alkanes of at least 4 members (excludes halogenated alkanes) is 10. The largest absolute Gasteiger partial charge is 0.494 e. The zero-order chi connectivity index (χ0) is 19.9. The molecule has 0 unspecified atom stereocenters. The average molecular weight is 401 g/mol. The van der Waals surface area contributed by atoms with E-state index in [1.165, 1.54) is 98.8 Å². The Morgan fingerprint density at radius 2 is 1.25 bits per heavy atom. The minimum absolute atomic E-state index is 0.842. The summed E-state index contributed by atoms with van der Waals surface area (Å²) >= 11 is 1.94. The number of benzene rings is 1. The lowest BCUT2D eigenvalue weighted by molar-refractivity contribution is 0.304. The van der Waals surface area contributed by atoms with Gasteiger partial charge in [0, 0.05) is 9.75 Å². The Morgan fingerprint density at radius 1 is 0.643 bits per heavy atom. The molecule has 0 amide bonds. The third-order valence-corrected chi connectivity index (χ3v) is 6.54. The smallest absolute Gasteiger partial charge is 0.119 e. The molecule has 0 spiro atoms. The highest BCUT2D eigenvalue weighted by atomic mass is 32.1. The molecule has 0 aliphatic carbocycles. The molecule has 2 aromatic rings. The Hall–Kier alpha value is -1.28. The van der Waals surface area contributed by atoms with Crippen LogP contribution >= 0.6 is 11.3 Å². The molecule has 0 saturated heterocycles. The lowest BCUT2D eigenvalue weighted by Gasteiger charge is -2.07. The van der Waals surface area contributed by atoms with Gasteiger partial charge in [-0.2, -0.15) is 0 Å². The molecule has 1 heterocycles. The number of ether oxygens (including phenoxy) is 1. The molecule has 0 N–H and O–H groups in total. The summed E-state index contributed by atoms with van der Waals surface area (Å²) in [7, 11) is 0. The second-order valence-corrected chi connectivity index (χ2v) is 9.09. The minimum atomic E-state index is 0.842. The van der Waals surface area contributed by atoms with E-state index in [-0.39, 0.29) is 0 Å². The van der Waals surface area contributed by atoms with Crippen molar-refractivity contribution in [3.63, 3.8) is 0 Å². The first kappa shape index (κ1) is 23.0. The van der Waals surface area contributed by atoms with Crippen LogP contribution in [0.4, 0.5) is 0 Å². The van der Waals surface area contributed by atoms with Crippen molar-refractivity contribution >= 4 is 11.3 Å². The first-order chi connectivity index (χ1) is 13.8. The Labute approximate surface area is 177 Å². The molecule has 0 radical (unpaired) electrons. The number of thiophene rings is 1. The summed E-state index contributed by atoms with van der Waals surface area (Å²) in [4.78, 5) is 2.89. The fourth-order valence-electron chi connectivity index (χ4n) is 3.53. The molecule has 28 heavy (non-hydrogen) atoms. The van der Waals surface area contributed by atoms with Gasteiger partial charge in [-0.05, 0) is 61.2 Å². The Morgan fingerprint density at radius 3 is 1.93 bits per heavy atom. The Balaban J connectivity index is 1.63. The molecular formula is C26H40OS. The van der Waals surface area contributed by atoms with E-state index in [1.807, 2.05) is 11.3 Å². The van der Waals surface area contributed by atoms with Crippen LogP contribution in [0.5, 0.6) is 5.75 Å². The summed E-state index contributed by atoms with van der Waals surface area (Å²) in [5, 5.41) is 0. The van der Waals surface area contributed by atoms with Crippen molar-refractivity contribution in [2.24, 2.45) is 0 Å². The van der Waals surface area contributed by atoms with E-state index in [4.69, 9.17) is 4.74 Å². The first-order valence-electron chi connectivity index (χ1n) is 11.7. The zero-order valence-electron chi connectivity index (χ0n) is 18.2. The zero-order valence-corrected chi connectivity index (χ0v) is 19.0. The highest BCUT2D eigenvalue weighted by Crippen LogP contribution is 2.30. The van der Waals surface area contributed by atoms with Gasteiger partial charge in [-0.1, -0.05) is 78.1 Å². The fourth-order valence-corrected chi connectivity index (χ4v) is 4.59. The van der Waals surface area contributed by atoms with Crippen molar-refractivity contribution in [1.29, 1.82) is 0 Å². The van der Waals surface area contributed by atoms with Crippen molar-refractivity contribution < 1.29 is 4.74 Å². The molecule has 0 aliphatic rings. The highest BCUT2D eigenvalue weighted by molar-refractivity contribution is 7.15. The Bertz CT molecular complexity index is 614. The van der Waals surface area contributed by atoms with Gasteiger partial charge in [0.05, 0.1) is 6.61 Å². The van der Waals surface area contributed by atoms with Crippen molar-refractivity contribution in [2.45, 2.75) is 97.3 Å². The monoisotopic (exact) mass is 400 g/mol. The summed E-state index contributed by atoms with van der Waals surface area (Å²) in [6.45, 7) is 5.39. The lowest BCUT2D eigenvalue weighted by Crippen LogP contribution is -1.97. The van der Waals surface area contributed by atoms with E-state index in [9.17, 15) is 0 Å². The normalized spacial score (nSPS) is 11.1. The standard InChI is InChI=1S/C26H40OS/c1-3-5-7-9-10-11-12-14-22-27-24-18-16-23(17-19-24)26-21-20-25(28-26)15-13-8-6-4-2/h16-21H,3-15,22H2,1-2H3. The lowest BCUT2D eigenvalue weighted by atomic mass is 10.1. The number of aryl methyl sites for hydroxylation is 1. The second kappa shape index (κ2) is 14.7. The van der Waals surface area contributed by atoms with Crippen LogP contribution < -0.4 is 4.74 Å². The molecule has 0 saturated carbocycles. The van der Waals surface area contributed by atoms with Gasteiger partial charge in [0.25, 0.3) is 0 Å². The Kier molecular flexibility index (Phi) is 12.1. The third-order valence-electron chi connectivity index (χ3n) is 5.34. The van der Waals surface area contributed by atoms with Crippen LogP contribution in [0.3, 0.4) is 0 Å². The predicted octanol–water partition coefficient (Wildman–Crippen LogP) is 9.06. The molecule has 0 atom stereocenters. The fraction of sp³-hybridized carbons (Fsp3) is 0.615. The second-order valence-electron chi connectivity index (χ2n) is 7.92. The summed E-state index contributed by atoms with van der Waals surface area (Å²) in [5.74, 6) is 1.00. The topological polar surface area (TPSA) is 9.23 Å². The van der Waals surface area contributed by atoms with Gasteiger partial charge < -0.3 is 4.74 Å². The van der Waals surface area contributed by atoms with E-state index in [2.05, 4.69) is 50.2 Å². The molecule has 1 nitrogen and oxygen atoms in total. The maximum absolute atomic E-state index is 5.93. The van der Waals surface area contributed by atoms with Crippen molar-refractivity contribution in [2.75, 3.05) is 6.61 Å². The summed E-state index contributed by atoms with van der Waals surface area (Å²) in [6, 6.07) is 13.2. The summed E-state index contributed by atoms with van der Waals surface area (Å²) in [5.41, 5.74) is 1.31. The summed E-state index contributed by atoms with van der Waals surface area (Å²) < 4.78 is 5.93. The molecule has 1 aromatic heterocycles. The quantitative estimate of drug-likeness (QED) is 0.255. The summed E-state index contributed by atoms with van der Waals surface area (Å²) in [6.07, 6.45) is 17.3. The van der Waals surface area contributed by atoms with E-state index >= 15 is 0 Å². The molecule has 2 heteroatoms. The van der Waals surface area contributed by atoms with E-state index in [1.54, 1.807) is 0 Å². The van der Waals surface area contributed by atoms with Crippen LogP contribution in [0.15, 0.2) is 36.4 Å². The minimum Gasteiger partial charge on any atom is -0.494 e. The molecule has 1 aromatic carbocycles. The molecule has 0 aliphatic heterocycles. The van der Waals surface area contributed by atoms with E-state index in [0.717, 1.165) is 12.4 Å². The van der Waals surface area contributed by atoms with Crippen LogP contribution in [0.1, 0.15) is 95.8 Å². The van der Waals surface area contributed by atoms with Crippen LogP contribution in [0, 0.1) is 0 Å². The maximum atomic E-state index is 5.93. The highest BCUT2D eigenvalue weighted by Gasteiger charge is 2.04. The van der Waals surface area contributed by atoms with Gasteiger partial charge in [0.1, 0.15) is 5.75 Å². The third kappa shape index (κ3) is 9.28. The molecular weight excluding hydrogens is 360 g/mol. The number of hydrogen-bond acceptors (Lipinski definition) is 2. The van der Waals surface area contributed by atoms with Crippen molar-refractivity contribution in [3.8, 4) is 16.2 Å². The van der Waals surface area contributed by atoms with Gasteiger partial charge in [0.2, 0.25) is 0 Å². The molecule has 156 valence electrons. The van der Waals surface area contributed by atoms with Crippen LogP contribution in [-0.2, 0) is 6.42 Å². The molecule has 0 bridgehead atoms. The predicted molar refractivity (Wildman–Crippen MR) is 126 cm³/mol. The maximum Gasteiger partial charge on any atom is 0.119 e. The molecule has 2 rings (SSSR count). The van der Waals surface area contributed by atoms with Gasteiger partial charge >= 0.3 is 0 Å². The van der Waals surface area contributed by atoms with Gasteiger partial charge in [-0.3, -0.25) is 0 Å². The average Bonchev–Trinajstić information content (AvgIpc) is 3.19. The molecule has 0 fully saturated rings. The number of hydrogen-bond donors (Lipinski definition) is 0. The first-order valence-corrected chi connectivity index (χ1v) is 12.5. The number of rotatable bonds is 16. The SMILES string of the molecule is CCCCCCCCCCOc1ccc(-c2ccc(CCCCCC)s2)cc1.